The number of carbonyl (C=O) groups is 2. The molecule has 0 aliphatic heterocycles. The van der Waals surface area contributed by atoms with Crippen molar-refractivity contribution in [3.05, 3.63) is 42.1 Å². The molecule has 2 aromatic rings. The van der Waals surface area contributed by atoms with Crippen molar-refractivity contribution < 1.29 is 9.59 Å². The molecule has 0 atom stereocenters. The second kappa shape index (κ2) is 4.65. The number of nitrogens with one attached hydrogen (secondary N) is 2. The first-order valence-corrected chi connectivity index (χ1v) is 5.22. The summed E-state index contributed by atoms with van der Waals surface area (Å²) in [4.78, 5) is 25.0. The van der Waals surface area contributed by atoms with E-state index in [9.17, 15) is 9.59 Å². The van der Waals surface area contributed by atoms with E-state index in [2.05, 4.69) is 10.3 Å². The number of H-pyrrole nitrogens is 1. The molecular formula is C13H12N2O2. The third-order valence-corrected chi connectivity index (χ3v) is 2.33. The molecule has 1 heterocycles. The Balaban J connectivity index is 2.21. The second-order valence-corrected chi connectivity index (χ2v) is 3.67. The van der Waals surface area contributed by atoms with Crippen molar-refractivity contribution in [1.82, 2.24) is 10.3 Å². The molecular weight excluding hydrogens is 216 g/mol. The van der Waals surface area contributed by atoms with Crippen LogP contribution >= 0.6 is 0 Å². The third-order valence-electron chi connectivity index (χ3n) is 2.33. The number of carbonyl (C=O) groups excluding carboxylic acids is 2. The molecule has 4 nitrogen and oxygen atoms in total. The highest BCUT2D eigenvalue weighted by Crippen LogP contribution is 2.18. The molecule has 0 saturated carbocycles. The molecule has 2 N–H and O–H groups in total. The Labute approximate surface area is 98.3 Å². The SMILES string of the molecule is CC(=O)NC(=O)/C=C/c1c[nH]c2ccccc12. The lowest BCUT2D eigenvalue weighted by molar-refractivity contribution is -0.126. The molecule has 0 aliphatic carbocycles. The number of fused-ring (bicyclic) bond motifs is 1. The van der Waals surface area contributed by atoms with Crippen LogP contribution in [0.25, 0.3) is 17.0 Å². The van der Waals surface area contributed by atoms with E-state index < -0.39 is 5.91 Å². The lowest BCUT2D eigenvalue weighted by Crippen LogP contribution is -2.25. The van der Waals surface area contributed by atoms with E-state index in [0.29, 0.717) is 0 Å². The zero-order valence-corrected chi connectivity index (χ0v) is 9.36. The molecule has 0 aliphatic rings. The topological polar surface area (TPSA) is 62.0 Å². The number of para-hydroxylation sites is 1. The average molecular weight is 228 g/mol. The Morgan fingerprint density at radius 1 is 1.29 bits per heavy atom. The zero-order chi connectivity index (χ0) is 12.3. The predicted molar refractivity (Wildman–Crippen MR) is 66.2 cm³/mol. The van der Waals surface area contributed by atoms with Gasteiger partial charge in [0.05, 0.1) is 0 Å². The standard InChI is InChI=1S/C13H12N2O2/c1-9(16)15-13(17)7-6-10-8-14-12-5-3-2-4-11(10)12/h2-8,14H,1H3,(H,15,16,17)/b7-6+. The van der Waals surface area contributed by atoms with E-state index >= 15 is 0 Å². The van der Waals surface area contributed by atoms with Gasteiger partial charge in [-0.25, -0.2) is 0 Å². The lowest BCUT2D eigenvalue weighted by atomic mass is 10.1. The predicted octanol–water partition coefficient (Wildman–Crippen LogP) is 1.84. The fourth-order valence-electron chi connectivity index (χ4n) is 1.61. The Kier molecular flexibility index (Phi) is 3.05. The van der Waals surface area contributed by atoms with Gasteiger partial charge in [-0.05, 0) is 17.7 Å². The van der Waals surface area contributed by atoms with Crippen molar-refractivity contribution in [2.45, 2.75) is 6.92 Å². The minimum Gasteiger partial charge on any atom is -0.361 e. The third kappa shape index (κ3) is 2.60. The average Bonchev–Trinajstić information content (AvgIpc) is 2.69. The molecule has 0 bridgehead atoms. The van der Waals surface area contributed by atoms with Crippen molar-refractivity contribution in [1.29, 1.82) is 0 Å². The van der Waals surface area contributed by atoms with Gasteiger partial charge in [0.1, 0.15) is 0 Å². The molecule has 0 radical (unpaired) electrons. The highest BCUT2D eigenvalue weighted by atomic mass is 16.2. The summed E-state index contributed by atoms with van der Waals surface area (Å²) in [6.07, 6.45) is 4.84. The van der Waals surface area contributed by atoms with Crippen LogP contribution in [0, 0.1) is 0 Å². The van der Waals surface area contributed by atoms with Gasteiger partial charge in [-0.15, -0.1) is 0 Å². The van der Waals surface area contributed by atoms with Gasteiger partial charge < -0.3 is 4.98 Å². The lowest BCUT2D eigenvalue weighted by Gasteiger charge is -1.93. The normalized spacial score (nSPS) is 10.9. The van der Waals surface area contributed by atoms with Gasteiger partial charge >= 0.3 is 0 Å². The van der Waals surface area contributed by atoms with Gasteiger partial charge in [-0.1, -0.05) is 18.2 Å². The number of aromatic nitrogens is 1. The van der Waals surface area contributed by atoms with E-state index in [1.54, 1.807) is 6.08 Å². The molecule has 1 aromatic heterocycles. The molecule has 4 heteroatoms. The minimum atomic E-state index is -0.414. The van der Waals surface area contributed by atoms with Crippen LogP contribution in [0.4, 0.5) is 0 Å². The maximum absolute atomic E-state index is 11.3. The van der Waals surface area contributed by atoms with Crippen molar-refractivity contribution in [3.63, 3.8) is 0 Å². The molecule has 0 unspecified atom stereocenters. The molecule has 17 heavy (non-hydrogen) atoms. The van der Waals surface area contributed by atoms with Crippen LogP contribution in [0.2, 0.25) is 0 Å². The number of imide groups is 1. The summed E-state index contributed by atoms with van der Waals surface area (Å²) in [5.41, 5.74) is 1.93. The fourth-order valence-corrected chi connectivity index (χ4v) is 1.61. The van der Waals surface area contributed by atoms with E-state index in [-0.39, 0.29) is 5.91 Å². The van der Waals surface area contributed by atoms with Gasteiger partial charge in [0, 0.05) is 30.1 Å². The molecule has 86 valence electrons. The van der Waals surface area contributed by atoms with E-state index in [4.69, 9.17) is 0 Å². The number of hydrogen-bond donors (Lipinski definition) is 2. The maximum atomic E-state index is 11.3. The Bertz CT molecular complexity index is 596. The molecule has 1 aromatic carbocycles. The smallest absolute Gasteiger partial charge is 0.250 e. The highest BCUT2D eigenvalue weighted by molar-refractivity contribution is 6.03. The van der Waals surface area contributed by atoms with Crippen LogP contribution in [-0.4, -0.2) is 16.8 Å². The van der Waals surface area contributed by atoms with Crippen LogP contribution in [0.1, 0.15) is 12.5 Å². The first-order valence-electron chi connectivity index (χ1n) is 5.22. The Hall–Kier alpha value is -2.36. The van der Waals surface area contributed by atoms with Crippen LogP contribution < -0.4 is 5.32 Å². The summed E-state index contributed by atoms with van der Waals surface area (Å²) in [5.74, 6) is -0.777. The molecule has 0 saturated heterocycles. The number of amides is 2. The van der Waals surface area contributed by atoms with Crippen molar-refractivity contribution in [3.8, 4) is 0 Å². The van der Waals surface area contributed by atoms with E-state index in [0.717, 1.165) is 16.5 Å². The number of hydrogen-bond acceptors (Lipinski definition) is 2. The minimum absolute atomic E-state index is 0.362. The second-order valence-electron chi connectivity index (χ2n) is 3.67. The summed E-state index contributed by atoms with van der Waals surface area (Å²) < 4.78 is 0. The van der Waals surface area contributed by atoms with Crippen molar-refractivity contribution in [2.24, 2.45) is 0 Å². The monoisotopic (exact) mass is 228 g/mol. The van der Waals surface area contributed by atoms with Gasteiger partial charge in [0.15, 0.2) is 0 Å². The molecule has 0 spiro atoms. The number of aromatic amines is 1. The fraction of sp³-hybridized carbons (Fsp3) is 0.0769. The first kappa shape index (κ1) is 11.1. The van der Waals surface area contributed by atoms with Crippen LogP contribution in [-0.2, 0) is 9.59 Å². The van der Waals surface area contributed by atoms with Gasteiger partial charge in [-0.2, -0.15) is 0 Å². The van der Waals surface area contributed by atoms with Crippen LogP contribution in [0.3, 0.4) is 0 Å². The quantitative estimate of drug-likeness (QED) is 0.770. The molecule has 2 rings (SSSR count). The summed E-state index contributed by atoms with van der Waals surface area (Å²) in [5, 5.41) is 3.22. The van der Waals surface area contributed by atoms with Crippen molar-refractivity contribution >= 4 is 28.8 Å². The summed E-state index contributed by atoms with van der Waals surface area (Å²) in [7, 11) is 0. The van der Waals surface area contributed by atoms with E-state index in [1.165, 1.54) is 13.0 Å². The van der Waals surface area contributed by atoms with Gasteiger partial charge in [0.25, 0.3) is 5.91 Å². The summed E-state index contributed by atoms with van der Waals surface area (Å²) in [6.45, 7) is 1.30. The molecule has 0 fully saturated rings. The van der Waals surface area contributed by atoms with Crippen LogP contribution in [0.15, 0.2) is 36.5 Å². The van der Waals surface area contributed by atoms with Crippen LogP contribution in [0.5, 0.6) is 0 Å². The first-order chi connectivity index (χ1) is 8.16. The van der Waals surface area contributed by atoms with Gasteiger partial charge in [0.2, 0.25) is 5.91 Å². The maximum Gasteiger partial charge on any atom is 0.250 e. The number of rotatable bonds is 2. The Morgan fingerprint density at radius 3 is 2.82 bits per heavy atom. The summed E-state index contributed by atoms with van der Waals surface area (Å²) in [6, 6.07) is 7.80. The number of benzene rings is 1. The van der Waals surface area contributed by atoms with Crippen molar-refractivity contribution in [2.75, 3.05) is 0 Å². The van der Waals surface area contributed by atoms with E-state index in [1.807, 2.05) is 30.5 Å². The molecule has 2 amide bonds. The highest BCUT2D eigenvalue weighted by Gasteiger charge is 2.01. The Morgan fingerprint density at radius 2 is 2.06 bits per heavy atom. The largest absolute Gasteiger partial charge is 0.361 e. The summed E-state index contributed by atoms with van der Waals surface area (Å²) >= 11 is 0. The van der Waals surface area contributed by atoms with Gasteiger partial charge in [-0.3, -0.25) is 14.9 Å². The zero-order valence-electron chi connectivity index (χ0n) is 9.36.